The van der Waals surface area contributed by atoms with E-state index in [9.17, 15) is 4.39 Å². The lowest BCUT2D eigenvalue weighted by Gasteiger charge is -2.29. The average Bonchev–Trinajstić information content (AvgIpc) is 2.24. The molecule has 16 heavy (non-hydrogen) atoms. The normalized spacial score (nSPS) is 18.1. The molecule has 0 heterocycles. The number of rotatable bonds is 5. The molecule has 1 aliphatic carbocycles. The van der Waals surface area contributed by atoms with E-state index in [0.717, 1.165) is 24.3 Å². The molecule has 1 fully saturated rings. The van der Waals surface area contributed by atoms with Gasteiger partial charge in [-0.3, -0.25) is 11.3 Å². The molecule has 88 valence electrons. The van der Waals surface area contributed by atoms with Crippen molar-refractivity contribution in [3.05, 3.63) is 35.6 Å². The number of nitrogens with two attached hydrogens (primary N) is 1. The van der Waals surface area contributed by atoms with E-state index in [2.05, 4.69) is 5.43 Å². The van der Waals surface area contributed by atoms with E-state index in [0.29, 0.717) is 6.04 Å². The number of hydrogen-bond acceptors (Lipinski definition) is 2. The lowest BCUT2D eigenvalue weighted by Crippen LogP contribution is -2.39. The molecule has 0 aliphatic heterocycles. The monoisotopic (exact) mass is 222 g/mol. The lowest BCUT2D eigenvalue weighted by atomic mass is 9.80. The Balaban J connectivity index is 1.87. The van der Waals surface area contributed by atoms with Crippen molar-refractivity contribution in [1.82, 2.24) is 5.43 Å². The highest BCUT2D eigenvalue weighted by Gasteiger charge is 2.21. The number of halogens is 1. The van der Waals surface area contributed by atoms with Crippen molar-refractivity contribution in [3.63, 3.8) is 0 Å². The molecular weight excluding hydrogens is 203 g/mol. The number of hydrazine groups is 1. The fraction of sp³-hybridized carbons (Fsp3) is 0.538. The first-order chi connectivity index (χ1) is 7.78. The predicted molar refractivity (Wildman–Crippen MR) is 63.2 cm³/mol. The number of benzene rings is 1. The van der Waals surface area contributed by atoms with E-state index in [1.807, 2.05) is 12.1 Å². The topological polar surface area (TPSA) is 38.0 Å². The molecule has 0 bridgehead atoms. The molecule has 2 nitrogen and oxygen atoms in total. The Bertz CT molecular complexity index is 319. The van der Waals surface area contributed by atoms with E-state index in [1.165, 1.54) is 31.4 Å². The zero-order valence-electron chi connectivity index (χ0n) is 9.45. The van der Waals surface area contributed by atoms with Crippen LogP contribution in [-0.4, -0.2) is 6.04 Å². The Labute approximate surface area is 96.0 Å². The summed E-state index contributed by atoms with van der Waals surface area (Å²) in [6.07, 6.45) is 6.04. The summed E-state index contributed by atoms with van der Waals surface area (Å²) in [5.41, 5.74) is 4.01. The maximum Gasteiger partial charge on any atom is 0.123 e. The molecule has 2 rings (SSSR count). The summed E-state index contributed by atoms with van der Waals surface area (Å²) in [5.74, 6) is 6.21. The molecule has 3 heteroatoms. The SMILES string of the molecule is NNC(Cc1ccc(F)cc1)CC1CCC1. The summed E-state index contributed by atoms with van der Waals surface area (Å²) in [6, 6.07) is 7.00. The minimum atomic E-state index is -0.181. The van der Waals surface area contributed by atoms with Crippen molar-refractivity contribution in [2.24, 2.45) is 11.8 Å². The van der Waals surface area contributed by atoms with Crippen molar-refractivity contribution < 1.29 is 4.39 Å². The molecule has 1 saturated carbocycles. The van der Waals surface area contributed by atoms with Crippen LogP contribution in [-0.2, 0) is 6.42 Å². The smallest absolute Gasteiger partial charge is 0.123 e. The standard InChI is InChI=1S/C13H19FN2/c14-12-6-4-11(5-7-12)9-13(16-15)8-10-2-1-3-10/h4-7,10,13,16H,1-3,8-9,15H2. The van der Waals surface area contributed by atoms with E-state index in [-0.39, 0.29) is 5.82 Å². The van der Waals surface area contributed by atoms with Crippen molar-refractivity contribution >= 4 is 0 Å². The molecule has 0 spiro atoms. The summed E-state index contributed by atoms with van der Waals surface area (Å²) >= 11 is 0. The number of nitrogens with one attached hydrogen (secondary N) is 1. The van der Waals surface area contributed by atoms with Crippen molar-refractivity contribution in [3.8, 4) is 0 Å². The van der Waals surface area contributed by atoms with Gasteiger partial charge in [0.05, 0.1) is 0 Å². The van der Waals surface area contributed by atoms with Gasteiger partial charge in [0.2, 0.25) is 0 Å². The molecule has 0 amide bonds. The fourth-order valence-corrected chi connectivity index (χ4v) is 2.25. The van der Waals surface area contributed by atoms with E-state index >= 15 is 0 Å². The van der Waals surface area contributed by atoms with Crippen LogP contribution in [0.25, 0.3) is 0 Å². The molecule has 0 saturated heterocycles. The van der Waals surface area contributed by atoms with Gasteiger partial charge in [0.1, 0.15) is 5.82 Å². The Morgan fingerprint density at radius 1 is 1.31 bits per heavy atom. The van der Waals surface area contributed by atoms with Crippen LogP contribution in [0.3, 0.4) is 0 Å². The first-order valence-corrected chi connectivity index (χ1v) is 5.98. The van der Waals surface area contributed by atoms with E-state index in [1.54, 1.807) is 0 Å². The van der Waals surface area contributed by atoms with Crippen LogP contribution in [0.2, 0.25) is 0 Å². The van der Waals surface area contributed by atoms with Crippen molar-refractivity contribution in [2.45, 2.75) is 38.1 Å². The minimum absolute atomic E-state index is 0.181. The van der Waals surface area contributed by atoms with Crippen LogP contribution in [0.1, 0.15) is 31.2 Å². The molecule has 0 radical (unpaired) electrons. The lowest BCUT2D eigenvalue weighted by molar-refractivity contribution is 0.259. The average molecular weight is 222 g/mol. The van der Waals surface area contributed by atoms with Gasteiger partial charge in [-0.2, -0.15) is 0 Å². The zero-order chi connectivity index (χ0) is 11.4. The van der Waals surface area contributed by atoms with Gasteiger partial charge >= 0.3 is 0 Å². The molecule has 3 N–H and O–H groups in total. The van der Waals surface area contributed by atoms with Gasteiger partial charge in [-0.25, -0.2) is 4.39 Å². The van der Waals surface area contributed by atoms with Gasteiger partial charge < -0.3 is 0 Å². The summed E-state index contributed by atoms with van der Waals surface area (Å²) in [5, 5.41) is 0. The van der Waals surface area contributed by atoms with Gasteiger partial charge in [-0.05, 0) is 36.5 Å². The molecule has 1 aromatic rings. The van der Waals surface area contributed by atoms with Crippen LogP contribution < -0.4 is 11.3 Å². The van der Waals surface area contributed by atoms with Crippen molar-refractivity contribution in [2.75, 3.05) is 0 Å². The highest BCUT2D eigenvalue weighted by Crippen LogP contribution is 2.30. The minimum Gasteiger partial charge on any atom is -0.271 e. The van der Waals surface area contributed by atoms with Gasteiger partial charge in [0.25, 0.3) is 0 Å². The molecular formula is C13H19FN2. The molecule has 1 unspecified atom stereocenters. The third-order valence-corrected chi connectivity index (χ3v) is 3.47. The van der Waals surface area contributed by atoms with Gasteiger partial charge in [-0.1, -0.05) is 31.4 Å². The first-order valence-electron chi connectivity index (χ1n) is 5.98. The Morgan fingerprint density at radius 2 is 2.00 bits per heavy atom. The van der Waals surface area contributed by atoms with Gasteiger partial charge in [0, 0.05) is 6.04 Å². The first kappa shape index (κ1) is 11.6. The number of hydrogen-bond donors (Lipinski definition) is 2. The van der Waals surface area contributed by atoms with Gasteiger partial charge in [-0.15, -0.1) is 0 Å². The zero-order valence-corrected chi connectivity index (χ0v) is 9.45. The van der Waals surface area contributed by atoms with E-state index in [4.69, 9.17) is 5.84 Å². The molecule has 0 aromatic heterocycles. The summed E-state index contributed by atoms with van der Waals surface area (Å²) < 4.78 is 12.7. The maximum absolute atomic E-state index is 12.7. The van der Waals surface area contributed by atoms with Crippen LogP contribution in [0, 0.1) is 11.7 Å². The van der Waals surface area contributed by atoms with Gasteiger partial charge in [0.15, 0.2) is 0 Å². The Hall–Kier alpha value is -0.930. The Kier molecular flexibility index (Phi) is 3.91. The summed E-state index contributed by atoms with van der Waals surface area (Å²) in [6.45, 7) is 0. The summed E-state index contributed by atoms with van der Waals surface area (Å²) in [7, 11) is 0. The maximum atomic E-state index is 12.7. The van der Waals surface area contributed by atoms with E-state index < -0.39 is 0 Å². The van der Waals surface area contributed by atoms with Crippen molar-refractivity contribution in [1.29, 1.82) is 0 Å². The third kappa shape index (κ3) is 3.03. The van der Waals surface area contributed by atoms with Crippen LogP contribution in [0.4, 0.5) is 4.39 Å². The fourth-order valence-electron chi connectivity index (χ4n) is 2.25. The largest absolute Gasteiger partial charge is 0.271 e. The molecule has 1 aliphatic rings. The second kappa shape index (κ2) is 5.41. The highest BCUT2D eigenvalue weighted by molar-refractivity contribution is 5.17. The van der Waals surface area contributed by atoms with Crippen LogP contribution >= 0.6 is 0 Å². The molecule has 1 atom stereocenters. The molecule has 1 aromatic carbocycles. The summed E-state index contributed by atoms with van der Waals surface area (Å²) in [4.78, 5) is 0. The quantitative estimate of drug-likeness (QED) is 0.593. The van der Waals surface area contributed by atoms with Crippen LogP contribution in [0.5, 0.6) is 0 Å². The predicted octanol–water partition coefficient (Wildman–Crippen LogP) is 2.39. The Morgan fingerprint density at radius 3 is 2.50 bits per heavy atom. The van der Waals surface area contributed by atoms with Crippen LogP contribution in [0.15, 0.2) is 24.3 Å². The highest BCUT2D eigenvalue weighted by atomic mass is 19.1. The third-order valence-electron chi connectivity index (χ3n) is 3.47. The second-order valence-electron chi connectivity index (χ2n) is 4.73. The second-order valence-corrected chi connectivity index (χ2v) is 4.73.